The van der Waals surface area contributed by atoms with Crippen molar-refractivity contribution in [2.24, 2.45) is 0 Å². The molecule has 0 saturated carbocycles. The molecule has 3 nitrogen and oxygen atoms in total. The molecule has 0 spiro atoms. The van der Waals surface area contributed by atoms with Crippen molar-refractivity contribution in [1.29, 1.82) is 0 Å². The molecule has 1 rings (SSSR count). The van der Waals surface area contributed by atoms with Crippen LogP contribution in [0, 0.1) is 11.8 Å². The monoisotopic (exact) mass is 282 g/mol. The van der Waals surface area contributed by atoms with E-state index in [0.717, 1.165) is 11.4 Å². The van der Waals surface area contributed by atoms with E-state index < -0.39 is 23.9 Å². The smallest absolute Gasteiger partial charge is 0.257 e. The average molecular weight is 282 g/mol. The van der Waals surface area contributed by atoms with E-state index in [9.17, 15) is 8.42 Å². The molecule has 0 aliphatic heterocycles. The summed E-state index contributed by atoms with van der Waals surface area (Å²) in [5.74, 6) is 5.65. The fourth-order valence-electron chi connectivity index (χ4n) is 1.65. The summed E-state index contributed by atoms with van der Waals surface area (Å²) >= 11 is 0. The summed E-state index contributed by atoms with van der Waals surface area (Å²) < 4.78 is 27.8. The van der Waals surface area contributed by atoms with Gasteiger partial charge in [0, 0.05) is 0 Å². The van der Waals surface area contributed by atoms with Gasteiger partial charge in [-0.25, -0.2) is 0 Å². The third kappa shape index (κ3) is 3.98. The molecule has 98 valence electrons. The van der Waals surface area contributed by atoms with E-state index in [4.69, 9.17) is 4.18 Å². The van der Waals surface area contributed by atoms with Crippen molar-refractivity contribution in [3.05, 3.63) is 30.3 Å². The first-order chi connectivity index (χ1) is 8.27. The van der Waals surface area contributed by atoms with Crippen LogP contribution in [0.25, 0.3) is 0 Å². The van der Waals surface area contributed by atoms with Crippen LogP contribution in [0.15, 0.2) is 30.3 Å². The predicted octanol–water partition coefficient (Wildman–Crippen LogP) is 1.51. The Balaban J connectivity index is 3.15. The van der Waals surface area contributed by atoms with Crippen LogP contribution in [0.5, 0.6) is 0 Å². The molecule has 1 aromatic carbocycles. The molecule has 0 bridgehead atoms. The predicted molar refractivity (Wildman–Crippen MR) is 76.7 cm³/mol. The summed E-state index contributed by atoms with van der Waals surface area (Å²) in [4.78, 5) is 0. The molecule has 0 unspecified atom stereocenters. The average Bonchev–Trinajstić information content (AvgIpc) is 2.28. The molecule has 0 fully saturated rings. The van der Waals surface area contributed by atoms with E-state index in [-0.39, 0.29) is 0 Å². The van der Waals surface area contributed by atoms with Crippen molar-refractivity contribution in [3.8, 4) is 11.8 Å². The maximum atomic E-state index is 11.3. The Kier molecular flexibility index (Phi) is 4.74. The molecule has 1 atom stereocenters. The second kappa shape index (κ2) is 5.70. The van der Waals surface area contributed by atoms with E-state index in [1.807, 2.05) is 30.3 Å². The summed E-state index contributed by atoms with van der Waals surface area (Å²) in [5, 5.41) is 1.13. The summed E-state index contributed by atoms with van der Waals surface area (Å²) in [6.07, 6.45) is 1.06. The minimum atomic E-state index is -3.50. The molecule has 0 aromatic heterocycles. The van der Waals surface area contributed by atoms with Gasteiger partial charge in [0.1, 0.15) is 13.8 Å². The van der Waals surface area contributed by atoms with Gasteiger partial charge >= 0.3 is 0 Å². The zero-order chi connectivity index (χ0) is 13.8. The number of hydrogen-bond acceptors (Lipinski definition) is 3. The van der Waals surface area contributed by atoms with Crippen molar-refractivity contribution < 1.29 is 12.6 Å². The Hall–Kier alpha value is -1.09. The van der Waals surface area contributed by atoms with Gasteiger partial charge in [-0.15, -0.1) is 5.92 Å². The molecule has 0 saturated heterocycles. The Morgan fingerprint density at radius 3 is 2.22 bits per heavy atom. The van der Waals surface area contributed by atoms with Gasteiger partial charge in [0.15, 0.2) is 0 Å². The van der Waals surface area contributed by atoms with Crippen LogP contribution >= 0.6 is 0 Å². The van der Waals surface area contributed by atoms with E-state index >= 15 is 0 Å². The highest BCUT2D eigenvalue weighted by Crippen LogP contribution is 2.14. The van der Waals surface area contributed by atoms with Gasteiger partial charge in [0.2, 0.25) is 0 Å². The van der Waals surface area contributed by atoms with Crippen LogP contribution in [0.1, 0.15) is 6.92 Å². The van der Waals surface area contributed by atoms with Gasteiger partial charge in [-0.3, -0.25) is 4.18 Å². The van der Waals surface area contributed by atoms with Crippen LogP contribution in [0.4, 0.5) is 0 Å². The molecule has 1 aromatic rings. The molecule has 0 aliphatic carbocycles. The molecular weight excluding hydrogens is 264 g/mol. The molecule has 0 N–H and O–H groups in total. The zero-order valence-corrected chi connectivity index (χ0v) is 12.9. The first-order valence-corrected chi connectivity index (χ1v) is 10.5. The molecule has 5 heteroatoms. The lowest BCUT2D eigenvalue weighted by Gasteiger charge is -2.28. The van der Waals surface area contributed by atoms with Gasteiger partial charge in [-0.2, -0.15) is 8.42 Å². The van der Waals surface area contributed by atoms with Gasteiger partial charge in [-0.05, 0) is 6.92 Å². The Morgan fingerprint density at radius 1 is 1.22 bits per heavy atom. The van der Waals surface area contributed by atoms with Crippen molar-refractivity contribution in [1.82, 2.24) is 0 Å². The summed E-state index contributed by atoms with van der Waals surface area (Å²) in [6, 6.07) is 9.83. The molecule has 0 heterocycles. The Labute approximate surface area is 110 Å². The second-order valence-electron chi connectivity index (χ2n) is 4.66. The quantitative estimate of drug-likeness (QED) is 0.478. The number of rotatable bonds is 4. The third-order valence-electron chi connectivity index (χ3n) is 2.72. The van der Waals surface area contributed by atoms with Crippen LogP contribution in [-0.4, -0.2) is 28.5 Å². The minimum absolute atomic E-state index is 0.556. The maximum Gasteiger partial charge on any atom is 0.265 e. The molecule has 0 aliphatic rings. The summed E-state index contributed by atoms with van der Waals surface area (Å²) in [5.41, 5.74) is -0.556. The van der Waals surface area contributed by atoms with Crippen LogP contribution in [-0.2, 0) is 14.3 Å². The highest BCUT2D eigenvalue weighted by Gasteiger charge is 2.36. The molecular formula is C13H18O3SSi. The van der Waals surface area contributed by atoms with Crippen LogP contribution in [0.3, 0.4) is 0 Å². The van der Waals surface area contributed by atoms with Crippen molar-refractivity contribution >= 4 is 23.4 Å². The highest BCUT2D eigenvalue weighted by atomic mass is 32.2. The van der Waals surface area contributed by atoms with Crippen molar-refractivity contribution in [3.63, 3.8) is 0 Å². The largest absolute Gasteiger partial charge is 0.265 e. The van der Waals surface area contributed by atoms with E-state index in [1.54, 1.807) is 6.92 Å². The highest BCUT2D eigenvalue weighted by molar-refractivity contribution is 7.86. The summed E-state index contributed by atoms with van der Waals surface area (Å²) in [6.45, 7) is 5.80. The first-order valence-electron chi connectivity index (χ1n) is 5.63. The van der Waals surface area contributed by atoms with Gasteiger partial charge in [0.05, 0.1) is 6.26 Å². The molecule has 18 heavy (non-hydrogen) atoms. The van der Waals surface area contributed by atoms with Gasteiger partial charge in [-0.1, -0.05) is 54.5 Å². The topological polar surface area (TPSA) is 43.4 Å². The zero-order valence-electron chi connectivity index (χ0n) is 11.1. The lowest BCUT2D eigenvalue weighted by molar-refractivity contribution is 0.328. The molecule has 0 radical (unpaired) electrons. The Morgan fingerprint density at radius 2 is 1.78 bits per heavy atom. The maximum absolute atomic E-state index is 11.3. The SMILES string of the molecule is CC#C[C@@H](OS(C)(=O)=O)[Si](C)(C)c1ccccc1. The van der Waals surface area contributed by atoms with Crippen molar-refractivity contribution in [2.75, 3.05) is 6.26 Å². The fourth-order valence-corrected chi connectivity index (χ4v) is 5.39. The summed E-state index contributed by atoms with van der Waals surface area (Å²) in [7, 11) is -5.62. The lowest BCUT2D eigenvalue weighted by Crippen LogP contribution is -2.53. The van der Waals surface area contributed by atoms with Gasteiger partial charge < -0.3 is 0 Å². The van der Waals surface area contributed by atoms with E-state index in [0.29, 0.717) is 0 Å². The van der Waals surface area contributed by atoms with Crippen LogP contribution in [0.2, 0.25) is 13.1 Å². The fraction of sp³-hybridized carbons (Fsp3) is 0.385. The number of hydrogen-bond donors (Lipinski definition) is 0. The minimum Gasteiger partial charge on any atom is -0.257 e. The van der Waals surface area contributed by atoms with E-state index in [1.165, 1.54) is 0 Å². The lowest BCUT2D eigenvalue weighted by atomic mass is 10.4. The van der Waals surface area contributed by atoms with Gasteiger partial charge in [0.25, 0.3) is 10.1 Å². The second-order valence-corrected chi connectivity index (χ2v) is 10.8. The standard InChI is InChI=1S/C13H18O3SSi/c1-5-9-13(16-17(2,14)15)18(3,4)12-10-7-6-8-11-12/h6-8,10-11,13H,1-4H3/t13-/m0/s1. The normalized spacial score (nSPS) is 13.6. The van der Waals surface area contributed by atoms with Crippen LogP contribution < -0.4 is 5.19 Å². The molecule has 0 amide bonds. The third-order valence-corrected chi connectivity index (χ3v) is 6.83. The van der Waals surface area contributed by atoms with Crippen molar-refractivity contribution in [2.45, 2.75) is 25.7 Å². The first kappa shape index (κ1) is 15.0. The van der Waals surface area contributed by atoms with E-state index in [2.05, 4.69) is 24.9 Å². The number of benzene rings is 1. The Bertz CT molecular complexity index is 553.